The number of fused-ring (bicyclic) bond motifs is 1. The molecule has 0 fully saturated rings. The predicted octanol–water partition coefficient (Wildman–Crippen LogP) is 1.62. The molecule has 0 saturated carbocycles. The second-order valence-electron chi connectivity index (χ2n) is 5.28. The van der Waals surface area contributed by atoms with Crippen LogP contribution in [0.3, 0.4) is 0 Å². The third-order valence-electron chi connectivity index (χ3n) is 3.64. The Bertz CT molecular complexity index is 526. The molecule has 0 atom stereocenters. The van der Waals surface area contributed by atoms with E-state index in [-0.39, 0.29) is 5.91 Å². The molecular formula is C15H20N2O3. The van der Waals surface area contributed by atoms with Crippen molar-refractivity contribution in [3.63, 3.8) is 0 Å². The summed E-state index contributed by atoms with van der Waals surface area (Å²) in [5.74, 6) is -0.742. The van der Waals surface area contributed by atoms with Crippen LogP contribution in [0.5, 0.6) is 0 Å². The van der Waals surface area contributed by atoms with Gasteiger partial charge in [-0.1, -0.05) is 0 Å². The molecular weight excluding hydrogens is 256 g/mol. The molecule has 1 amide bonds. The summed E-state index contributed by atoms with van der Waals surface area (Å²) in [5.41, 5.74) is 2.53. The topological polar surface area (TPSA) is 60.9 Å². The maximum absolute atomic E-state index is 11.5. The third-order valence-corrected chi connectivity index (χ3v) is 3.64. The summed E-state index contributed by atoms with van der Waals surface area (Å²) in [4.78, 5) is 26.3. The van der Waals surface area contributed by atoms with E-state index in [1.54, 1.807) is 31.1 Å². The minimum Gasteiger partial charge on any atom is -0.478 e. The lowest BCUT2D eigenvalue weighted by atomic mass is 10.1. The van der Waals surface area contributed by atoms with E-state index in [0.717, 1.165) is 37.2 Å². The number of carbonyl (C=O) groups excluding carboxylic acids is 1. The fraction of sp³-hybridized carbons (Fsp3) is 0.467. The Hall–Kier alpha value is -2.04. The second-order valence-corrected chi connectivity index (χ2v) is 5.28. The Morgan fingerprint density at radius 3 is 2.75 bits per heavy atom. The molecule has 0 aromatic heterocycles. The van der Waals surface area contributed by atoms with Crippen molar-refractivity contribution < 1.29 is 14.7 Å². The first kappa shape index (κ1) is 14.4. The molecule has 5 heteroatoms. The molecule has 0 bridgehead atoms. The zero-order chi connectivity index (χ0) is 14.7. The van der Waals surface area contributed by atoms with Crippen LogP contribution in [0.25, 0.3) is 0 Å². The number of anilines is 1. The predicted molar refractivity (Wildman–Crippen MR) is 77.2 cm³/mol. The first-order valence-corrected chi connectivity index (χ1v) is 6.80. The summed E-state index contributed by atoms with van der Waals surface area (Å²) in [6, 6.07) is 5.27. The molecule has 5 nitrogen and oxygen atoms in total. The second kappa shape index (κ2) is 5.94. The van der Waals surface area contributed by atoms with Crippen molar-refractivity contribution in [2.24, 2.45) is 0 Å². The zero-order valence-electron chi connectivity index (χ0n) is 11.9. The summed E-state index contributed by atoms with van der Waals surface area (Å²) >= 11 is 0. The SMILES string of the molecule is CN(C)C(=O)CCCN1CCc2cc(C(=O)O)ccc21. The number of carbonyl (C=O) groups is 2. The van der Waals surface area contributed by atoms with Crippen LogP contribution in [-0.4, -0.2) is 49.1 Å². The van der Waals surface area contributed by atoms with Crippen LogP contribution in [0.1, 0.15) is 28.8 Å². The summed E-state index contributed by atoms with van der Waals surface area (Å²) < 4.78 is 0. The van der Waals surface area contributed by atoms with Crippen LogP contribution < -0.4 is 4.90 Å². The van der Waals surface area contributed by atoms with Crippen molar-refractivity contribution in [1.29, 1.82) is 0 Å². The van der Waals surface area contributed by atoms with E-state index in [1.165, 1.54) is 0 Å². The molecule has 1 aliphatic rings. The minimum atomic E-state index is -0.886. The van der Waals surface area contributed by atoms with Crippen LogP contribution >= 0.6 is 0 Å². The quantitative estimate of drug-likeness (QED) is 0.887. The van der Waals surface area contributed by atoms with Crippen LogP contribution in [0.2, 0.25) is 0 Å². The number of benzene rings is 1. The third kappa shape index (κ3) is 3.10. The monoisotopic (exact) mass is 276 g/mol. The maximum Gasteiger partial charge on any atom is 0.335 e. The largest absolute Gasteiger partial charge is 0.478 e. The number of amides is 1. The lowest BCUT2D eigenvalue weighted by Crippen LogP contribution is -2.25. The molecule has 20 heavy (non-hydrogen) atoms. The molecule has 0 spiro atoms. The number of carboxylic acid groups (broad SMARTS) is 1. The average Bonchev–Trinajstić information content (AvgIpc) is 2.81. The van der Waals surface area contributed by atoms with Gasteiger partial charge in [0, 0.05) is 39.3 Å². The number of carboxylic acids is 1. The molecule has 1 aliphatic heterocycles. The van der Waals surface area contributed by atoms with Gasteiger partial charge in [0.1, 0.15) is 0 Å². The van der Waals surface area contributed by atoms with Gasteiger partial charge in [-0.15, -0.1) is 0 Å². The fourth-order valence-electron chi connectivity index (χ4n) is 2.48. The van der Waals surface area contributed by atoms with E-state index in [9.17, 15) is 9.59 Å². The Labute approximate surface area is 118 Å². The highest BCUT2D eigenvalue weighted by atomic mass is 16.4. The highest BCUT2D eigenvalue weighted by molar-refractivity contribution is 5.88. The molecule has 0 unspecified atom stereocenters. The van der Waals surface area contributed by atoms with Gasteiger partial charge in [-0.05, 0) is 36.6 Å². The fourth-order valence-corrected chi connectivity index (χ4v) is 2.48. The van der Waals surface area contributed by atoms with E-state index < -0.39 is 5.97 Å². The van der Waals surface area contributed by atoms with Gasteiger partial charge in [0.05, 0.1) is 5.56 Å². The van der Waals surface area contributed by atoms with E-state index >= 15 is 0 Å². The van der Waals surface area contributed by atoms with Crippen LogP contribution in [0, 0.1) is 0 Å². The van der Waals surface area contributed by atoms with Crippen molar-refractivity contribution in [2.45, 2.75) is 19.3 Å². The summed E-state index contributed by atoms with van der Waals surface area (Å²) in [6.45, 7) is 1.73. The summed E-state index contributed by atoms with van der Waals surface area (Å²) in [7, 11) is 3.53. The molecule has 1 N–H and O–H groups in total. The van der Waals surface area contributed by atoms with Crippen molar-refractivity contribution in [3.8, 4) is 0 Å². The standard InChI is InChI=1S/C15H20N2O3/c1-16(2)14(18)4-3-8-17-9-7-11-10-12(15(19)20)5-6-13(11)17/h5-6,10H,3-4,7-9H2,1-2H3,(H,19,20). The van der Waals surface area contributed by atoms with E-state index in [2.05, 4.69) is 4.90 Å². The van der Waals surface area contributed by atoms with Gasteiger partial charge in [0.15, 0.2) is 0 Å². The van der Waals surface area contributed by atoms with E-state index in [1.807, 2.05) is 6.07 Å². The average molecular weight is 276 g/mol. The number of hydrogen-bond acceptors (Lipinski definition) is 3. The van der Waals surface area contributed by atoms with Gasteiger partial charge in [0.2, 0.25) is 5.91 Å². The number of hydrogen-bond donors (Lipinski definition) is 1. The number of aromatic carboxylic acids is 1. The van der Waals surface area contributed by atoms with Gasteiger partial charge in [0.25, 0.3) is 0 Å². The highest BCUT2D eigenvalue weighted by Crippen LogP contribution is 2.29. The van der Waals surface area contributed by atoms with Gasteiger partial charge in [-0.25, -0.2) is 4.79 Å². The van der Waals surface area contributed by atoms with Crippen LogP contribution in [-0.2, 0) is 11.2 Å². The van der Waals surface area contributed by atoms with Crippen molar-refractivity contribution in [2.75, 3.05) is 32.1 Å². The zero-order valence-corrected chi connectivity index (χ0v) is 11.9. The van der Waals surface area contributed by atoms with Crippen molar-refractivity contribution in [3.05, 3.63) is 29.3 Å². The number of nitrogens with zero attached hydrogens (tertiary/aromatic N) is 2. The lowest BCUT2D eigenvalue weighted by Gasteiger charge is -2.19. The Morgan fingerprint density at radius 2 is 2.10 bits per heavy atom. The van der Waals surface area contributed by atoms with E-state index in [4.69, 9.17) is 5.11 Å². The normalized spacial score (nSPS) is 13.2. The van der Waals surface area contributed by atoms with Crippen molar-refractivity contribution in [1.82, 2.24) is 4.90 Å². The molecule has 0 radical (unpaired) electrons. The van der Waals surface area contributed by atoms with E-state index in [0.29, 0.717) is 12.0 Å². The van der Waals surface area contributed by atoms with Gasteiger partial charge in [-0.2, -0.15) is 0 Å². The van der Waals surface area contributed by atoms with Gasteiger partial charge in [-0.3, -0.25) is 4.79 Å². The minimum absolute atomic E-state index is 0.144. The lowest BCUT2D eigenvalue weighted by molar-refractivity contribution is -0.128. The molecule has 0 aliphatic carbocycles. The summed E-state index contributed by atoms with van der Waals surface area (Å²) in [5, 5.41) is 8.98. The van der Waals surface area contributed by atoms with Crippen molar-refractivity contribution >= 4 is 17.6 Å². The van der Waals surface area contributed by atoms with Gasteiger partial charge >= 0.3 is 5.97 Å². The highest BCUT2D eigenvalue weighted by Gasteiger charge is 2.20. The van der Waals surface area contributed by atoms with Crippen LogP contribution in [0.15, 0.2) is 18.2 Å². The molecule has 0 saturated heterocycles. The summed E-state index contributed by atoms with van der Waals surface area (Å²) in [6.07, 6.45) is 2.24. The molecule has 1 aromatic rings. The Morgan fingerprint density at radius 1 is 1.35 bits per heavy atom. The number of rotatable bonds is 5. The molecule has 1 heterocycles. The first-order valence-electron chi connectivity index (χ1n) is 6.80. The first-order chi connectivity index (χ1) is 9.49. The molecule has 108 valence electrons. The van der Waals surface area contributed by atoms with Crippen LogP contribution in [0.4, 0.5) is 5.69 Å². The maximum atomic E-state index is 11.5. The Balaban J connectivity index is 1.95. The molecule has 1 aromatic carbocycles. The smallest absolute Gasteiger partial charge is 0.335 e. The molecule has 2 rings (SSSR count). The van der Waals surface area contributed by atoms with Gasteiger partial charge < -0.3 is 14.9 Å². The Kier molecular flexibility index (Phi) is 4.27.